The van der Waals surface area contributed by atoms with Gasteiger partial charge in [0.2, 0.25) is 11.8 Å². The van der Waals surface area contributed by atoms with Crippen molar-refractivity contribution in [2.24, 2.45) is 23.2 Å². The monoisotopic (exact) mass is 398 g/mol. The van der Waals surface area contributed by atoms with E-state index in [0.29, 0.717) is 26.2 Å². The summed E-state index contributed by atoms with van der Waals surface area (Å²) in [5.41, 5.74) is 0.896. The zero-order valence-electron chi connectivity index (χ0n) is 16.9. The summed E-state index contributed by atoms with van der Waals surface area (Å²) in [4.78, 5) is 25.1. The maximum atomic E-state index is 12.9. The molecule has 6 nitrogen and oxygen atoms in total. The van der Waals surface area contributed by atoms with Gasteiger partial charge in [-0.1, -0.05) is 6.07 Å². The summed E-state index contributed by atoms with van der Waals surface area (Å²) >= 11 is 0. The first kappa shape index (κ1) is 18.8. The van der Waals surface area contributed by atoms with E-state index >= 15 is 0 Å². The number of carbonyl (C=O) groups excluding carboxylic acids is 2. The first-order valence-corrected chi connectivity index (χ1v) is 11.0. The number of rotatable bonds is 6. The van der Waals surface area contributed by atoms with Crippen LogP contribution in [0.15, 0.2) is 18.2 Å². The summed E-state index contributed by atoms with van der Waals surface area (Å²) in [7, 11) is 0. The van der Waals surface area contributed by atoms with Crippen LogP contribution in [-0.4, -0.2) is 38.1 Å². The van der Waals surface area contributed by atoms with E-state index in [1.165, 1.54) is 19.3 Å². The quantitative estimate of drug-likeness (QED) is 0.772. The molecule has 0 atom stereocenters. The van der Waals surface area contributed by atoms with Crippen LogP contribution in [0.3, 0.4) is 0 Å². The highest BCUT2D eigenvalue weighted by molar-refractivity contribution is 5.88. The third-order valence-electron chi connectivity index (χ3n) is 7.27. The van der Waals surface area contributed by atoms with Crippen molar-refractivity contribution in [1.29, 1.82) is 0 Å². The summed E-state index contributed by atoms with van der Waals surface area (Å²) in [5, 5.41) is 5.86. The molecule has 0 aromatic heterocycles. The Morgan fingerprint density at radius 3 is 2.28 bits per heavy atom. The van der Waals surface area contributed by atoms with Crippen LogP contribution in [-0.2, 0) is 16.0 Å². The molecule has 29 heavy (non-hydrogen) atoms. The van der Waals surface area contributed by atoms with E-state index in [1.807, 2.05) is 18.2 Å². The molecular weight excluding hydrogens is 368 g/mol. The minimum Gasteiger partial charge on any atom is -0.486 e. The standard InChI is InChI=1S/C23H30N2O4/c26-21(24-4-3-15-1-2-19-20(10-15)29-6-5-28-19)14-25-22(27)23-11-16-7-17(12-23)9-18(8-16)13-23/h1-2,10,16-18H,3-9,11-14H2,(H,24,26)(H,25,27). The zero-order chi connectivity index (χ0) is 19.8. The van der Waals surface area contributed by atoms with E-state index in [0.717, 1.165) is 54.1 Å². The van der Waals surface area contributed by atoms with Gasteiger partial charge >= 0.3 is 0 Å². The van der Waals surface area contributed by atoms with Gasteiger partial charge in [0.25, 0.3) is 0 Å². The third kappa shape index (κ3) is 3.81. The molecule has 0 spiro atoms. The molecule has 2 amide bonds. The van der Waals surface area contributed by atoms with Crippen molar-refractivity contribution in [3.05, 3.63) is 23.8 Å². The molecule has 2 N–H and O–H groups in total. The van der Waals surface area contributed by atoms with E-state index in [4.69, 9.17) is 9.47 Å². The van der Waals surface area contributed by atoms with E-state index in [1.54, 1.807) is 0 Å². The molecular formula is C23H30N2O4. The van der Waals surface area contributed by atoms with Gasteiger partial charge in [-0.05, 0) is 80.4 Å². The predicted molar refractivity (Wildman–Crippen MR) is 108 cm³/mol. The lowest BCUT2D eigenvalue weighted by atomic mass is 9.49. The molecule has 5 aliphatic rings. The average Bonchev–Trinajstić information content (AvgIpc) is 2.71. The average molecular weight is 399 g/mol. The molecule has 1 aromatic carbocycles. The van der Waals surface area contributed by atoms with Crippen molar-refractivity contribution in [2.75, 3.05) is 26.3 Å². The minimum atomic E-state index is -0.194. The van der Waals surface area contributed by atoms with E-state index < -0.39 is 0 Å². The number of hydrogen-bond donors (Lipinski definition) is 2. The SMILES string of the molecule is O=C(CNC(=O)C12CC3CC(CC(C3)C1)C2)NCCc1ccc2c(c1)OCCO2. The Balaban J connectivity index is 1.07. The van der Waals surface area contributed by atoms with Gasteiger partial charge in [0.05, 0.1) is 6.54 Å². The molecule has 1 heterocycles. The zero-order valence-corrected chi connectivity index (χ0v) is 16.9. The number of nitrogens with one attached hydrogen (secondary N) is 2. The van der Waals surface area contributed by atoms with Crippen LogP contribution in [0.4, 0.5) is 0 Å². The van der Waals surface area contributed by atoms with E-state index in [-0.39, 0.29) is 23.8 Å². The van der Waals surface area contributed by atoms with Crippen LogP contribution in [0.5, 0.6) is 11.5 Å². The molecule has 1 aliphatic heterocycles. The topological polar surface area (TPSA) is 76.7 Å². The van der Waals surface area contributed by atoms with Crippen LogP contribution in [0.2, 0.25) is 0 Å². The van der Waals surface area contributed by atoms with Gasteiger partial charge in [-0.3, -0.25) is 9.59 Å². The van der Waals surface area contributed by atoms with Gasteiger partial charge in [-0.25, -0.2) is 0 Å². The van der Waals surface area contributed by atoms with Gasteiger partial charge in [0.1, 0.15) is 13.2 Å². The highest BCUT2D eigenvalue weighted by Gasteiger charge is 2.54. The van der Waals surface area contributed by atoms with Crippen molar-refractivity contribution in [1.82, 2.24) is 10.6 Å². The first-order chi connectivity index (χ1) is 14.1. The van der Waals surface area contributed by atoms with Crippen molar-refractivity contribution >= 4 is 11.8 Å². The Labute approximate surface area is 171 Å². The molecule has 4 fully saturated rings. The van der Waals surface area contributed by atoms with Gasteiger partial charge in [-0.2, -0.15) is 0 Å². The summed E-state index contributed by atoms with van der Waals surface area (Å²) in [6, 6.07) is 5.88. The van der Waals surface area contributed by atoms with Crippen molar-refractivity contribution in [2.45, 2.75) is 44.9 Å². The fraction of sp³-hybridized carbons (Fsp3) is 0.652. The summed E-state index contributed by atoms with van der Waals surface area (Å²) in [6.45, 7) is 1.75. The Morgan fingerprint density at radius 1 is 0.931 bits per heavy atom. The highest BCUT2D eigenvalue weighted by Crippen LogP contribution is 2.60. The molecule has 0 saturated heterocycles. The Bertz CT molecular complexity index is 771. The molecule has 4 saturated carbocycles. The fourth-order valence-electron chi connectivity index (χ4n) is 6.39. The van der Waals surface area contributed by atoms with Crippen LogP contribution in [0, 0.1) is 23.2 Å². The van der Waals surface area contributed by atoms with Gasteiger partial charge in [-0.15, -0.1) is 0 Å². The first-order valence-electron chi connectivity index (χ1n) is 11.0. The molecule has 4 bridgehead atoms. The number of benzene rings is 1. The Hall–Kier alpha value is -2.24. The number of fused-ring (bicyclic) bond motifs is 1. The van der Waals surface area contributed by atoms with Gasteiger partial charge < -0.3 is 20.1 Å². The lowest BCUT2D eigenvalue weighted by Crippen LogP contribution is -2.54. The van der Waals surface area contributed by atoms with Gasteiger partial charge in [0, 0.05) is 12.0 Å². The maximum absolute atomic E-state index is 12.9. The lowest BCUT2D eigenvalue weighted by Gasteiger charge is -2.55. The molecule has 1 aromatic rings. The second-order valence-corrected chi connectivity index (χ2v) is 9.46. The number of ether oxygens (including phenoxy) is 2. The molecule has 6 heteroatoms. The summed E-state index contributed by atoms with van der Waals surface area (Å²) < 4.78 is 11.1. The molecule has 4 aliphatic carbocycles. The summed E-state index contributed by atoms with van der Waals surface area (Å²) in [6.07, 6.45) is 7.72. The van der Waals surface area contributed by atoms with Crippen molar-refractivity contribution in [3.63, 3.8) is 0 Å². The van der Waals surface area contributed by atoms with Gasteiger partial charge in [0.15, 0.2) is 11.5 Å². The molecule has 0 unspecified atom stereocenters. The van der Waals surface area contributed by atoms with Crippen LogP contribution in [0.25, 0.3) is 0 Å². The minimum absolute atomic E-state index is 0.0712. The normalized spacial score (nSPS) is 31.4. The predicted octanol–water partition coefficient (Wildman–Crippen LogP) is 2.45. The molecule has 156 valence electrons. The number of hydrogen-bond acceptors (Lipinski definition) is 4. The number of carbonyl (C=O) groups is 2. The largest absolute Gasteiger partial charge is 0.486 e. The summed E-state index contributed by atoms with van der Waals surface area (Å²) in [5.74, 6) is 3.71. The highest BCUT2D eigenvalue weighted by atomic mass is 16.6. The fourth-order valence-corrected chi connectivity index (χ4v) is 6.39. The molecule has 6 rings (SSSR count). The second-order valence-electron chi connectivity index (χ2n) is 9.46. The Morgan fingerprint density at radius 2 is 1.59 bits per heavy atom. The van der Waals surface area contributed by atoms with Crippen molar-refractivity contribution in [3.8, 4) is 11.5 Å². The smallest absolute Gasteiger partial charge is 0.239 e. The lowest BCUT2D eigenvalue weighted by molar-refractivity contribution is -0.147. The van der Waals surface area contributed by atoms with Crippen LogP contribution in [0.1, 0.15) is 44.1 Å². The van der Waals surface area contributed by atoms with E-state index in [9.17, 15) is 9.59 Å². The third-order valence-corrected chi connectivity index (χ3v) is 7.27. The van der Waals surface area contributed by atoms with Crippen molar-refractivity contribution < 1.29 is 19.1 Å². The second kappa shape index (κ2) is 7.54. The Kier molecular flexibility index (Phi) is 4.88. The van der Waals surface area contributed by atoms with Crippen LogP contribution < -0.4 is 20.1 Å². The number of amides is 2. The molecule has 0 radical (unpaired) electrons. The van der Waals surface area contributed by atoms with E-state index in [2.05, 4.69) is 10.6 Å². The van der Waals surface area contributed by atoms with Crippen LogP contribution >= 0.6 is 0 Å². The maximum Gasteiger partial charge on any atom is 0.239 e.